The lowest BCUT2D eigenvalue weighted by Crippen LogP contribution is -2.39. The fraction of sp³-hybridized carbons (Fsp3) is 1.00. The number of hydrogen-bond donors (Lipinski definition) is 1. The Balaban J connectivity index is 1.73. The maximum Gasteiger partial charge on any atom is 0.00722 e. The van der Waals surface area contributed by atoms with Gasteiger partial charge in [0.2, 0.25) is 0 Å². The summed E-state index contributed by atoms with van der Waals surface area (Å²) in [5, 5.41) is 3.85. The smallest absolute Gasteiger partial charge is 0.00722 e. The van der Waals surface area contributed by atoms with Gasteiger partial charge in [-0.3, -0.25) is 0 Å². The van der Waals surface area contributed by atoms with Crippen molar-refractivity contribution in [3.63, 3.8) is 0 Å². The van der Waals surface area contributed by atoms with Gasteiger partial charge in [0, 0.05) is 12.1 Å². The molecule has 1 nitrogen and oxygen atoms in total. The van der Waals surface area contributed by atoms with Gasteiger partial charge in [-0.15, -0.1) is 0 Å². The van der Waals surface area contributed by atoms with Crippen molar-refractivity contribution in [1.29, 1.82) is 0 Å². The minimum atomic E-state index is 0.771. The summed E-state index contributed by atoms with van der Waals surface area (Å²) < 4.78 is 0. The van der Waals surface area contributed by atoms with Crippen LogP contribution in [0.4, 0.5) is 0 Å². The van der Waals surface area contributed by atoms with Gasteiger partial charge in [-0.25, -0.2) is 0 Å². The minimum Gasteiger partial charge on any atom is -0.311 e. The van der Waals surface area contributed by atoms with E-state index in [2.05, 4.69) is 19.2 Å². The third-order valence-electron chi connectivity index (χ3n) is 4.30. The highest BCUT2D eigenvalue weighted by Crippen LogP contribution is 2.30. The second-order valence-corrected chi connectivity index (χ2v) is 5.62. The van der Waals surface area contributed by atoms with E-state index in [0.717, 1.165) is 23.9 Å². The first-order valence-corrected chi connectivity index (χ1v) is 6.51. The van der Waals surface area contributed by atoms with Gasteiger partial charge < -0.3 is 5.32 Å². The Kier molecular flexibility index (Phi) is 3.48. The van der Waals surface area contributed by atoms with Crippen LogP contribution < -0.4 is 5.32 Å². The van der Waals surface area contributed by atoms with E-state index < -0.39 is 0 Å². The van der Waals surface area contributed by atoms with Crippen molar-refractivity contribution in [2.24, 2.45) is 11.8 Å². The van der Waals surface area contributed by atoms with Gasteiger partial charge >= 0.3 is 0 Å². The van der Waals surface area contributed by atoms with E-state index in [4.69, 9.17) is 0 Å². The van der Waals surface area contributed by atoms with Crippen LogP contribution in [-0.2, 0) is 0 Å². The first kappa shape index (κ1) is 10.5. The maximum absolute atomic E-state index is 3.85. The van der Waals surface area contributed by atoms with E-state index in [9.17, 15) is 0 Å². The van der Waals surface area contributed by atoms with Crippen molar-refractivity contribution in [3.8, 4) is 0 Å². The monoisotopic (exact) mass is 195 g/mol. The van der Waals surface area contributed by atoms with Crippen LogP contribution in [0.3, 0.4) is 0 Å². The van der Waals surface area contributed by atoms with E-state index in [1.807, 2.05) is 0 Å². The molecule has 0 heterocycles. The molecule has 2 aliphatic carbocycles. The Morgan fingerprint density at radius 3 is 2.36 bits per heavy atom. The Bertz CT molecular complexity index is 172. The van der Waals surface area contributed by atoms with Crippen LogP contribution in [0.5, 0.6) is 0 Å². The molecule has 0 aromatic heterocycles. The van der Waals surface area contributed by atoms with E-state index in [1.54, 1.807) is 0 Å². The molecule has 82 valence electrons. The summed E-state index contributed by atoms with van der Waals surface area (Å²) in [6.45, 7) is 4.79. The third kappa shape index (κ3) is 2.50. The van der Waals surface area contributed by atoms with Gasteiger partial charge in [0.1, 0.15) is 0 Å². The number of hydrogen-bond acceptors (Lipinski definition) is 1. The van der Waals surface area contributed by atoms with Crippen LogP contribution >= 0.6 is 0 Å². The van der Waals surface area contributed by atoms with E-state index in [-0.39, 0.29) is 0 Å². The highest BCUT2D eigenvalue weighted by atomic mass is 15.0. The average molecular weight is 195 g/mol. The zero-order chi connectivity index (χ0) is 9.97. The van der Waals surface area contributed by atoms with Crippen LogP contribution in [0.2, 0.25) is 0 Å². The summed E-state index contributed by atoms with van der Waals surface area (Å²) in [6, 6.07) is 1.60. The van der Waals surface area contributed by atoms with Crippen molar-refractivity contribution in [2.75, 3.05) is 0 Å². The summed E-state index contributed by atoms with van der Waals surface area (Å²) in [5.41, 5.74) is 0. The molecule has 2 rings (SSSR count). The first-order chi connectivity index (χ1) is 6.75. The molecule has 14 heavy (non-hydrogen) atoms. The Hall–Kier alpha value is -0.0400. The van der Waals surface area contributed by atoms with E-state index >= 15 is 0 Å². The first-order valence-electron chi connectivity index (χ1n) is 6.51. The fourth-order valence-electron chi connectivity index (χ4n) is 3.32. The molecular formula is C13H25N. The van der Waals surface area contributed by atoms with Crippen molar-refractivity contribution in [3.05, 3.63) is 0 Å². The molecule has 1 N–H and O–H groups in total. The number of rotatable bonds is 3. The zero-order valence-corrected chi connectivity index (χ0v) is 9.76. The molecule has 2 saturated carbocycles. The van der Waals surface area contributed by atoms with E-state index in [1.165, 1.54) is 44.9 Å². The summed E-state index contributed by atoms with van der Waals surface area (Å²) in [4.78, 5) is 0. The summed E-state index contributed by atoms with van der Waals surface area (Å²) in [6.07, 6.45) is 10.1. The largest absolute Gasteiger partial charge is 0.311 e. The number of nitrogens with one attached hydrogen (secondary N) is 1. The van der Waals surface area contributed by atoms with Gasteiger partial charge in [-0.2, -0.15) is 0 Å². The van der Waals surface area contributed by atoms with Gasteiger partial charge in [0.25, 0.3) is 0 Å². The van der Waals surface area contributed by atoms with Crippen LogP contribution in [0, 0.1) is 11.8 Å². The van der Waals surface area contributed by atoms with Crippen LogP contribution in [0.1, 0.15) is 58.8 Å². The second kappa shape index (κ2) is 4.65. The van der Waals surface area contributed by atoms with Crippen molar-refractivity contribution in [2.45, 2.75) is 70.9 Å². The van der Waals surface area contributed by atoms with Crippen LogP contribution in [0.15, 0.2) is 0 Å². The molecule has 3 atom stereocenters. The molecule has 1 heteroatoms. The standard InChI is InChI=1S/C13H25N/c1-10-7-8-13(9-10)14-11(2)12-5-3-4-6-12/h10-14H,3-9H2,1-2H3/t10?,11-,13?/m0/s1. The fourth-order valence-corrected chi connectivity index (χ4v) is 3.32. The summed E-state index contributed by atoms with van der Waals surface area (Å²) in [5.74, 6) is 1.94. The topological polar surface area (TPSA) is 12.0 Å². The lowest BCUT2D eigenvalue weighted by Gasteiger charge is -2.24. The van der Waals surface area contributed by atoms with Crippen molar-refractivity contribution in [1.82, 2.24) is 5.32 Å². The Morgan fingerprint density at radius 2 is 1.79 bits per heavy atom. The van der Waals surface area contributed by atoms with Crippen LogP contribution in [-0.4, -0.2) is 12.1 Å². The molecule has 0 aliphatic heterocycles. The predicted octanol–water partition coefficient (Wildman–Crippen LogP) is 3.34. The average Bonchev–Trinajstić information content (AvgIpc) is 2.75. The summed E-state index contributed by atoms with van der Waals surface area (Å²) >= 11 is 0. The van der Waals surface area contributed by atoms with E-state index in [0.29, 0.717) is 0 Å². The molecule has 0 saturated heterocycles. The summed E-state index contributed by atoms with van der Waals surface area (Å²) in [7, 11) is 0. The van der Waals surface area contributed by atoms with Gasteiger partial charge in [0.15, 0.2) is 0 Å². The molecule has 2 fully saturated rings. The molecule has 2 unspecified atom stereocenters. The normalized spacial score (nSPS) is 36.4. The SMILES string of the molecule is CC1CCC(N[C@@H](C)C2CCCC2)C1. The van der Waals surface area contributed by atoms with Crippen molar-refractivity contribution < 1.29 is 0 Å². The lowest BCUT2D eigenvalue weighted by molar-refractivity contribution is 0.338. The van der Waals surface area contributed by atoms with Crippen molar-refractivity contribution >= 4 is 0 Å². The lowest BCUT2D eigenvalue weighted by atomic mass is 9.98. The van der Waals surface area contributed by atoms with Gasteiger partial charge in [-0.1, -0.05) is 19.8 Å². The van der Waals surface area contributed by atoms with Gasteiger partial charge in [-0.05, 0) is 50.9 Å². The van der Waals surface area contributed by atoms with Crippen LogP contribution in [0.25, 0.3) is 0 Å². The Morgan fingerprint density at radius 1 is 1.07 bits per heavy atom. The predicted molar refractivity (Wildman–Crippen MR) is 61.4 cm³/mol. The minimum absolute atomic E-state index is 0.771. The maximum atomic E-state index is 3.85. The molecule has 0 spiro atoms. The molecule has 0 bridgehead atoms. The molecule has 0 aromatic carbocycles. The molecule has 0 radical (unpaired) electrons. The highest BCUT2D eigenvalue weighted by molar-refractivity contribution is 4.84. The van der Waals surface area contributed by atoms with Gasteiger partial charge in [0.05, 0.1) is 0 Å². The molecular weight excluding hydrogens is 170 g/mol. The zero-order valence-electron chi connectivity index (χ0n) is 9.76. The molecule has 0 amide bonds. The second-order valence-electron chi connectivity index (χ2n) is 5.62. The molecule has 0 aromatic rings. The highest BCUT2D eigenvalue weighted by Gasteiger charge is 2.26. The third-order valence-corrected chi connectivity index (χ3v) is 4.30. The molecule has 2 aliphatic rings. The Labute approximate surface area is 88.7 Å². The quantitative estimate of drug-likeness (QED) is 0.728.